The third-order valence-corrected chi connectivity index (χ3v) is 4.68. The number of hydrogen-bond acceptors (Lipinski definition) is 6. The summed E-state index contributed by atoms with van der Waals surface area (Å²) >= 11 is 0. The molecule has 1 amide bonds. The van der Waals surface area contributed by atoms with E-state index in [0.29, 0.717) is 16.8 Å². The van der Waals surface area contributed by atoms with Gasteiger partial charge in [0, 0.05) is 17.1 Å². The number of rotatable bonds is 4. The minimum atomic E-state index is -0.972. The molecule has 9 nitrogen and oxygen atoms in total. The molecule has 1 unspecified atom stereocenters. The van der Waals surface area contributed by atoms with Gasteiger partial charge in [0.25, 0.3) is 5.56 Å². The number of nitrogens with one attached hydrogen (secondary N) is 1. The van der Waals surface area contributed by atoms with Gasteiger partial charge in [-0.2, -0.15) is 5.10 Å². The van der Waals surface area contributed by atoms with E-state index in [1.54, 1.807) is 35.0 Å². The molecule has 0 saturated heterocycles. The Labute approximate surface area is 170 Å². The van der Waals surface area contributed by atoms with E-state index in [1.807, 2.05) is 19.9 Å². The zero-order chi connectivity index (χ0) is 21.4. The number of carbonyl (C=O) groups is 1. The van der Waals surface area contributed by atoms with Crippen molar-refractivity contribution < 1.29 is 9.21 Å². The maximum absolute atomic E-state index is 12.8. The predicted molar refractivity (Wildman–Crippen MR) is 111 cm³/mol. The Kier molecular flexibility index (Phi) is 4.78. The minimum Gasteiger partial charge on any atom is -0.421 e. The molecule has 0 aliphatic rings. The summed E-state index contributed by atoms with van der Waals surface area (Å²) in [5.41, 5.74) is 0.939. The molecule has 4 rings (SSSR count). The van der Waals surface area contributed by atoms with E-state index in [4.69, 9.17) is 4.42 Å². The van der Waals surface area contributed by atoms with E-state index in [9.17, 15) is 14.4 Å². The van der Waals surface area contributed by atoms with Crippen molar-refractivity contribution in [3.63, 3.8) is 0 Å². The molecule has 0 fully saturated rings. The first-order valence-corrected chi connectivity index (χ1v) is 9.31. The van der Waals surface area contributed by atoms with Crippen LogP contribution in [0.2, 0.25) is 0 Å². The minimum absolute atomic E-state index is 0.00620. The van der Waals surface area contributed by atoms with Crippen LogP contribution < -0.4 is 16.5 Å². The van der Waals surface area contributed by atoms with Crippen molar-refractivity contribution in [3.8, 4) is 5.82 Å². The maximum Gasteiger partial charge on any atom is 0.360 e. The van der Waals surface area contributed by atoms with Crippen LogP contribution in [0.5, 0.6) is 0 Å². The van der Waals surface area contributed by atoms with Gasteiger partial charge >= 0.3 is 5.63 Å². The van der Waals surface area contributed by atoms with Gasteiger partial charge < -0.3 is 9.73 Å². The third kappa shape index (κ3) is 3.52. The van der Waals surface area contributed by atoms with E-state index in [0.717, 1.165) is 16.1 Å². The smallest absolute Gasteiger partial charge is 0.360 e. The molecule has 9 heteroatoms. The quantitative estimate of drug-likeness (QED) is 0.522. The fourth-order valence-corrected chi connectivity index (χ4v) is 3.16. The van der Waals surface area contributed by atoms with Crippen molar-refractivity contribution in [2.24, 2.45) is 0 Å². The average Bonchev–Trinajstić information content (AvgIpc) is 3.06. The molecule has 1 aromatic carbocycles. The zero-order valence-electron chi connectivity index (χ0n) is 16.6. The van der Waals surface area contributed by atoms with Gasteiger partial charge in [-0.25, -0.2) is 14.2 Å². The molecular formula is C21H19N5O4. The number of benzene rings is 1. The van der Waals surface area contributed by atoms with Crippen molar-refractivity contribution in [3.05, 3.63) is 80.7 Å². The van der Waals surface area contributed by atoms with Gasteiger partial charge in [0.15, 0.2) is 5.82 Å². The second-order valence-electron chi connectivity index (χ2n) is 6.96. The lowest BCUT2D eigenvalue weighted by Gasteiger charge is -2.15. The topological polar surface area (TPSA) is 112 Å². The van der Waals surface area contributed by atoms with E-state index in [1.165, 1.54) is 19.1 Å². The van der Waals surface area contributed by atoms with Gasteiger partial charge in [0.2, 0.25) is 5.91 Å². The SMILES string of the molecule is Cc1cc(C)n(-c2ccc(=O)n(C(C)C(=O)Nc3cc4ccccc4oc3=O)n2)n1. The summed E-state index contributed by atoms with van der Waals surface area (Å²) in [6, 6.07) is 12.3. The fourth-order valence-electron chi connectivity index (χ4n) is 3.16. The molecule has 152 valence electrons. The highest BCUT2D eigenvalue weighted by Crippen LogP contribution is 2.16. The van der Waals surface area contributed by atoms with Crippen molar-refractivity contribution in [1.82, 2.24) is 19.6 Å². The number of aryl methyl sites for hydroxylation is 2. The molecule has 0 aliphatic heterocycles. The molecule has 0 saturated carbocycles. The van der Waals surface area contributed by atoms with Crippen LogP contribution in [0.4, 0.5) is 5.69 Å². The molecular weight excluding hydrogens is 386 g/mol. The van der Waals surface area contributed by atoms with Crippen molar-refractivity contribution in [2.45, 2.75) is 26.8 Å². The molecule has 4 aromatic rings. The number of nitrogens with zero attached hydrogens (tertiary/aromatic N) is 4. The van der Waals surface area contributed by atoms with Crippen LogP contribution in [0.15, 0.2) is 62.5 Å². The first-order chi connectivity index (χ1) is 14.3. The molecule has 1 atom stereocenters. The van der Waals surface area contributed by atoms with Crippen molar-refractivity contribution in [1.29, 1.82) is 0 Å². The van der Waals surface area contributed by atoms with Gasteiger partial charge in [-0.3, -0.25) is 9.59 Å². The molecule has 0 aliphatic carbocycles. The summed E-state index contributed by atoms with van der Waals surface area (Å²) < 4.78 is 7.88. The standard InChI is InChI=1S/C21H19N5O4/c1-12-10-13(2)25(23-12)18-8-9-19(27)26(24-18)14(3)20(28)22-16-11-15-6-4-5-7-17(15)30-21(16)29/h4-11,14H,1-3H3,(H,22,28). The highest BCUT2D eigenvalue weighted by Gasteiger charge is 2.20. The second-order valence-corrected chi connectivity index (χ2v) is 6.96. The fraction of sp³-hybridized carbons (Fsp3) is 0.190. The number of fused-ring (bicyclic) bond motifs is 1. The maximum atomic E-state index is 12.8. The van der Waals surface area contributed by atoms with Gasteiger partial charge in [-0.1, -0.05) is 18.2 Å². The summed E-state index contributed by atoms with van der Waals surface area (Å²) in [6.45, 7) is 5.24. The van der Waals surface area contributed by atoms with Crippen molar-refractivity contribution >= 4 is 22.6 Å². The monoisotopic (exact) mass is 405 g/mol. The lowest BCUT2D eigenvalue weighted by atomic mass is 10.2. The summed E-state index contributed by atoms with van der Waals surface area (Å²) in [6.07, 6.45) is 0. The number of aromatic nitrogens is 4. The van der Waals surface area contributed by atoms with Crippen LogP contribution in [0.3, 0.4) is 0 Å². The lowest BCUT2D eigenvalue weighted by molar-refractivity contribution is -0.119. The molecule has 0 bridgehead atoms. The van der Waals surface area contributed by atoms with Crippen LogP contribution in [-0.4, -0.2) is 25.5 Å². The van der Waals surface area contributed by atoms with Crippen molar-refractivity contribution in [2.75, 3.05) is 5.32 Å². The van der Waals surface area contributed by atoms with E-state index < -0.39 is 23.1 Å². The highest BCUT2D eigenvalue weighted by atomic mass is 16.4. The Morgan fingerprint density at radius 2 is 1.83 bits per heavy atom. The van der Waals surface area contributed by atoms with Gasteiger partial charge in [0.05, 0.1) is 5.69 Å². The Morgan fingerprint density at radius 1 is 1.07 bits per heavy atom. The summed E-state index contributed by atoms with van der Waals surface area (Å²) in [5, 5.41) is 11.8. The average molecular weight is 405 g/mol. The van der Waals surface area contributed by atoms with E-state index in [-0.39, 0.29) is 5.69 Å². The second kappa shape index (κ2) is 7.43. The van der Waals surface area contributed by atoms with E-state index in [2.05, 4.69) is 15.5 Å². The van der Waals surface area contributed by atoms with Gasteiger partial charge in [-0.05, 0) is 45.0 Å². The molecule has 0 spiro atoms. The molecule has 3 aromatic heterocycles. The first kappa shape index (κ1) is 19.3. The zero-order valence-corrected chi connectivity index (χ0v) is 16.6. The van der Waals surface area contributed by atoms with Gasteiger partial charge in [-0.15, -0.1) is 5.10 Å². The Balaban J connectivity index is 1.65. The van der Waals surface area contributed by atoms with Crippen LogP contribution >= 0.6 is 0 Å². The number of hydrogen-bond donors (Lipinski definition) is 1. The number of carbonyl (C=O) groups excluding carboxylic acids is 1. The number of anilines is 1. The molecule has 0 radical (unpaired) electrons. The summed E-state index contributed by atoms with van der Waals surface area (Å²) in [7, 11) is 0. The Hall–Kier alpha value is -4.01. The van der Waals surface area contributed by atoms with Gasteiger partial charge in [0.1, 0.15) is 17.3 Å². The molecule has 30 heavy (non-hydrogen) atoms. The molecule has 3 heterocycles. The first-order valence-electron chi connectivity index (χ1n) is 9.31. The lowest BCUT2D eigenvalue weighted by Crippen LogP contribution is -2.34. The van der Waals surface area contributed by atoms with Crippen LogP contribution in [-0.2, 0) is 4.79 Å². The summed E-state index contributed by atoms with van der Waals surface area (Å²) in [5.74, 6) is -0.164. The number of amides is 1. The van der Waals surface area contributed by atoms with E-state index >= 15 is 0 Å². The largest absolute Gasteiger partial charge is 0.421 e. The molecule has 1 N–H and O–H groups in total. The predicted octanol–water partition coefficient (Wildman–Crippen LogP) is 2.35. The Bertz CT molecular complexity index is 1380. The number of para-hydroxylation sites is 1. The van der Waals surface area contributed by atoms with Crippen LogP contribution in [0.25, 0.3) is 16.8 Å². The normalized spacial score (nSPS) is 12.1. The summed E-state index contributed by atoms with van der Waals surface area (Å²) in [4.78, 5) is 37.3. The van der Waals surface area contributed by atoms with Crippen LogP contribution in [0.1, 0.15) is 24.4 Å². The third-order valence-electron chi connectivity index (χ3n) is 4.68. The highest BCUT2D eigenvalue weighted by molar-refractivity contribution is 5.94. The van der Waals surface area contributed by atoms with Crippen LogP contribution in [0, 0.1) is 13.8 Å². The Morgan fingerprint density at radius 3 is 2.57 bits per heavy atom.